The van der Waals surface area contributed by atoms with Crippen LogP contribution in [0.3, 0.4) is 0 Å². The molecule has 33 heteroatoms. The molecule has 6 aliphatic rings. The third-order valence-electron chi connectivity index (χ3n) is 21.9. The van der Waals surface area contributed by atoms with E-state index in [1.54, 1.807) is 25.7 Å². The number of methoxy groups -OCH3 is 1. The van der Waals surface area contributed by atoms with Gasteiger partial charge in [-0.1, -0.05) is 176 Å². The Morgan fingerprint density at radius 3 is 0.927 bits per heavy atom. The number of amides is 3. The maximum Gasteiger partial charge on any atom is 0.472 e. The highest BCUT2D eigenvalue weighted by molar-refractivity contribution is 7.47. The second kappa shape index (κ2) is 53.4. The molecule has 0 aromatic heterocycles. The van der Waals surface area contributed by atoms with E-state index in [0.29, 0.717) is 39.1 Å². The van der Waals surface area contributed by atoms with Gasteiger partial charge in [0.2, 0.25) is 17.7 Å². The molecule has 110 heavy (non-hydrogen) atoms. The van der Waals surface area contributed by atoms with E-state index in [1.807, 2.05) is 0 Å². The molecule has 0 saturated carbocycles. The van der Waals surface area contributed by atoms with Gasteiger partial charge in [0.1, 0.15) is 36.6 Å². The Labute approximate surface area is 654 Å². The summed E-state index contributed by atoms with van der Waals surface area (Å²) in [7, 11) is -8.20. The lowest BCUT2D eigenvalue weighted by Crippen LogP contribution is -2.55. The van der Waals surface area contributed by atoms with Crippen LogP contribution in [-0.4, -0.2) is 290 Å². The number of aliphatic hydroxyl groups excluding tert-OH is 10. The molecular formula is C77H145N3O28P2. The van der Waals surface area contributed by atoms with E-state index in [0.717, 1.165) is 160 Å². The minimum absolute atomic E-state index is 0.0324. The van der Waals surface area contributed by atoms with Crippen molar-refractivity contribution in [2.75, 3.05) is 86.2 Å². The number of hydrogen-bond acceptors (Lipinski definition) is 26. The van der Waals surface area contributed by atoms with Gasteiger partial charge in [0.25, 0.3) is 0 Å². The molecule has 0 radical (unpaired) electrons. The molecule has 0 aromatic carbocycles. The number of carbonyl (C=O) groups is 3. The summed E-state index contributed by atoms with van der Waals surface area (Å²) in [6.45, 7) is 11.0. The van der Waals surface area contributed by atoms with E-state index in [4.69, 9.17) is 51.3 Å². The highest BCUT2D eigenvalue weighted by atomic mass is 31.2. The first-order chi connectivity index (χ1) is 52.5. The predicted molar refractivity (Wildman–Crippen MR) is 407 cm³/mol. The lowest BCUT2D eigenvalue weighted by Gasteiger charge is -2.40. The molecule has 6 rings (SSSR count). The molecule has 0 spiro atoms. The first-order valence-electron chi connectivity index (χ1n) is 41.6. The summed E-state index contributed by atoms with van der Waals surface area (Å²) in [6, 6.07) is -1.99. The second-order valence-corrected chi connectivity index (χ2v) is 35.0. The molecule has 0 aromatic rings. The minimum Gasteiger partial charge on any atom is -0.394 e. The Balaban J connectivity index is 0.00000528. The number of phosphoric acid groups is 2. The van der Waals surface area contributed by atoms with Crippen LogP contribution in [0.5, 0.6) is 0 Å². The maximum atomic E-state index is 14.1. The van der Waals surface area contributed by atoms with Crippen LogP contribution in [0.25, 0.3) is 0 Å². The summed E-state index contributed by atoms with van der Waals surface area (Å²) in [6.07, 6.45) is 11.1. The summed E-state index contributed by atoms with van der Waals surface area (Å²) in [4.78, 5) is 68.1. The average Bonchev–Trinajstić information content (AvgIpc) is 1.50. The third kappa shape index (κ3) is 35.3. The van der Waals surface area contributed by atoms with Crippen LogP contribution >= 0.6 is 15.6 Å². The molecule has 6 aliphatic heterocycles. The zero-order valence-corrected chi connectivity index (χ0v) is 68.9. The Morgan fingerprint density at radius 1 is 0.391 bits per heavy atom. The molecule has 6 fully saturated rings. The van der Waals surface area contributed by atoms with Gasteiger partial charge in [0, 0.05) is 83.6 Å². The summed E-state index contributed by atoms with van der Waals surface area (Å²) in [5.41, 5.74) is 0. The molecule has 646 valence electrons. The fraction of sp³-hybridized carbons (Fsp3) is 0.961. The van der Waals surface area contributed by atoms with Gasteiger partial charge in [-0.15, -0.1) is 0 Å². The van der Waals surface area contributed by atoms with Crippen LogP contribution in [0.1, 0.15) is 253 Å². The number of unbranched alkanes of at least 4 members (excludes halogenated alkanes) is 24. The molecule has 0 aliphatic carbocycles. The third-order valence-corrected chi connectivity index (χ3v) is 24.0. The number of rotatable bonds is 54. The van der Waals surface area contributed by atoms with Crippen molar-refractivity contribution in [1.82, 2.24) is 14.7 Å². The van der Waals surface area contributed by atoms with Crippen molar-refractivity contribution in [3.63, 3.8) is 0 Å². The predicted octanol–water partition coefficient (Wildman–Crippen LogP) is 7.44. The Bertz CT molecular complexity index is 2590. The van der Waals surface area contributed by atoms with E-state index in [-0.39, 0.29) is 82.5 Å². The number of β-amino-alcohol motifs (C(OH)–C–C–N with tert-alkyl or cyclic N) is 1. The number of ether oxygens (including phenoxy) is 7. The fourth-order valence-electron chi connectivity index (χ4n) is 15.3. The van der Waals surface area contributed by atoms with Gasteiger partial charge in [-0.2, -0.15) is 0 Å². The highest BCUT2D eigenvalue weighted by Crippen LogP contribution is 2.50. The molecule has 3 amide bonds. The maximum absolute atomic E-state index is 14.1. The summed E-state index contributed by atoms with van der Waals surface area (Å²) in [5, 5.41) is 100. The molecule has 0 bridgehead atoms. The van der Waals surface area contributed by atoms with Crippen LogP contribution in [0.2, 0.25) is 0 Å². The monoisotopic (exact) mass is 1620 g/mol. The molecule has 8 unspecified atom stereocenters. The number of hydrogen-bond donors (Lipinski definition) is 12. The molecule has 23 atom stereocenters. The number of likely N-dealkylation sites (tertiary alicyclic amines) is 3. The minimum atomic E-state index is -4.87. The average molecular weight is 1620 g/mol. The topological polar surface area (TPSA) is 439 Å². The smallest absolute Gasteiger partial charge is 0.394 e. The van der Waals surface area contributed by atoms with Crippen LogP contribution in [-0.2, 0) is 74.8 Å². The fourth-order valence-corrected chi connectivity index (χ4v) is 17.2. The van der Waals surface area contributed by atoms with Crippen LogP contribution in [0.15, 0.2) is 0 Å². The van der Waals surface area contributed by atoms with Gasteiger partial charge in [0.15, 0.2) is 18.9 Å². The van der Waals surface area contributed by atoms with Gasteiger partial charge < -0.3 is 109 Å². The molecular weight excluding hydrogens is 1480 g/mol. The second-order valence-electron chi connectivity index (χ2n) is 32.2. The van der Waals surface area contributed by atoms with Crippen molar-refractivity contribution in [3.05, 3.63) is 0 Å². The Hall–Kier alpha value is -2.05. The van der Waals surface area contributed by atoms with Gasteiger partial charge in [-0.25, -0.2) is 9.13 Å². The summed E-state index contributed by atoms with van der Waals surface area (Å²) < 4.78 is 89.9. The first-order valence-corrected chi connectivity index (χ1v) is 44.6. The summed E-state index contributed by atoms with van der Waals surface area (Å²) in [5.74, 6) is -1.11. The van der Waals surface area contributed by atoms with Gasteiger partial charge in [-0.3, -0.25) is 32.5 Å². The zero-order chi connectivity index (χ0) is 80.8. The molecule has 6 heterocycles. The first kappa shape index (κ1) is 98.5. The largest absolute Gasteiger partial charge is 0.472 e. The van der Waals surface area contributed by atoms with E-state index in [1.165, 1.54) is 16.9 Å². The van der Waals surface area contributed by atoms with Gasteiger partial charge in [0.05, 0.1) is 94.4 Å². The SMILES string of the molecule is CC(C)C.COC[C@@H]1C[C@@H](OP(=O)(O)OC[C@@H]2C[C@@H](OP(=O)(O)OC[C@@H]3C[C@@H](O)CN3C(=O)CCCCCCCCCCCO[C@@H]3OC(CO)[C@H](O)[C@H](O)C3C)CN2C(=O)CCCCCCCCCCCO[C@@H]2OC(CO)[C@H](O)[C@H](O)C2C)CN1C(=O)CCCCCCCCCCCO[C@@H]1OC(CO)[C@H](O)[C@H](O)C1C. The number of nitrogens with zero attached hydrogens (tertiary/aromatic N) is 3. The Morgan fingerprint density at radius 2 is 0.645 bits per heavy atom. The highest BCUT2D eigenvalue weighted by Gasteiger charge is 2.47. The van der Waals surface area contributed by atoms with Gasteiger partial charge >= 0.3 is 15.6 Å². The normalized spacial score (nSPS) is 31.8. The molecule has 6 saturated heterocycles. The number of aliphatic hydroxyl groups is 10. The Kier molecular flexibility index (Phi) is 47.8. The van der Waals surface area contributed by atoms with Crippen molar-refractivity contribution < 1.29 is 136 Å². The summed E-state index contributed by atoms with van der Waals surface area (Å²) >= 11 is 0. The quantitative estimate of drug-likeness (QED) is 0.0208. The van der Waals surface area contributed by atoms with Crippen LogP contribution in [0.4, 0.5) is 0 Å². The lowest BCUT2D eigenvalue weighted by molar-refractivity contribution is -0.282. The zero-order valence-electron chi connectivity index (χ0n) is 67.2. The van der Waals surface area contributed by atoms with Crippen LogP contribution < -0.4 is 0 Å². The van der Waals surface area contributed by atoms with Gasteiger partial charge in [-0.05, 0) is 63.7 Å². The number of carbonyl (C=O) groups excluding carboxylic acids is 3. The van der Waals surface area contributed by atoms with E-state index in [2.05, 4.69) is 20.8 Å². The lowest BCUT2D eigenvalue weighted by atomic mass is 9.92. The molecule has 12 N–H and O–H groups in total. The van der Waals surface area contributed by atoms with E-state index < -0.39 is 177 Å². The van der Waals surface area contributed by atoms with Crippen molar-refractivity contribution >= 4 is 33.4 Å². The van der Waals surface area contributed by atoms with E-state index in [9.17, 15) is 84.4 Å². The number of phosphoric ester groups is 2. The molecule has 31 nitrogen and oxygen atoms in total. The standard InChI is InChI=1S/C73H135N3O28P2.C4H10/c1-50-65(84)68(87)59(44-77)100-71(50)95-35-29-23-17-11-5-8-14-20-26-32-62(81)74-41-56(80)38-53(74)48-98-105(90,91)104-58-40-55(76(43-58)64(83)34-28-22-16-10-7-13-19-25-31-37-97-73-52(3)67(86)70(89)61(46-79)102-73)49-99-106(92,93)103-57-39-54(47-94-4)75(42-57)63(82)33-27-21-15-9-6-12-18-24-30-36-96-72-51(2)66(85)69(88)60(45-78)101-72;1-4(2)3/h50-61,65-73,77-80,84-89H,5-49H2,1-4H3,(H,90,91)(H,92,93);4H,1-3H3/t50?,51?,52?,53-,54-,55-,56+,57+,58+,59?,60?,61?,65+,66+,67+,68-,69-,70-,71+,72+,73+;/m0./s1. The van der Waals surface area contributed by atoms with E-state index >= 15 is 0 Å². The van der Waals surface area contributed by atoms with Crippen LogP contribution in [0, 0.1) is 23.7 Å². The van der Waals surface area contributed by atoms with Crippen molar-refractivity contribution in [2.45, 2.75) is 364 Å². The van der Waals surface area contributed by atoms with Crippen molar-refractivity contribution in [1.29, 1.82) is 0 Å². The van der Waals surface area contributed by atoms with Crippen molar-refractivity contribution in [2.24, 2.45) is 23.7 Å². The van der Waals surface area contributed by atoms with Crippen molar-refractivity contribution in [3.8, 4) is 0 Å².